The number of hydrogen-bond donors (Lipinski definition) is 0. The molecule has 1 saturated carbocycles. The average Bonchev–Trinajstić information content (AvgIpc) is 3.32. The Kier molecular flexibility index (Phi) is 3.48. The molecule has 1 unspecified atom stereocenters. The minimum Gasteiger partial charge on any atom is -0.473 e. The molecule has 3 aromatic rings. The van der Waals surface area contributed by atoms with Crippen molar-refractivity contribution in [1.82, 2.24) is 24.4 Å². The van der Waals surface area contributed by atoms with E-state index in [0.717, 1.165) is 55.2 Å². The molecule has 3 aromatic heterocycles. The van der Waals surface area contributed by atoms with Crippen molar-refractivity contribution in [3.8, 4) is 17.1 Å². The summed E-state index contributed by atoms with van der Waals surface area (Å²) in [5.41, 5.74) is 2.69. The Labute approximate surface area is 145 Å². The van der Waals surface area contributed by atoms with Crippen molar-refractivity contribution in [1.29, 1.82) is 0 Å². The van der Waals surface area contributed by atoms with Crippen molar-refractivity contribution in [3.63, 3.8) is 0 Å². The van der Waals surface area contributed by atoms with Gasteiger partial charge in [0.05, 0.1) is 36.9 Å². The highest BCUT2D eigenvalue weighted by Gasteiger charge is 2.28. The van der Waals surface area contributed by atoms with Crippen LogP contribution in [0.2, 0.25) is 0 Å². The van der Waals surface area contributed by atoms with Gasteiger partial charge in [0.2, 0.25) is 5.88 Å². The van der Waals surface area contributed by atoms with Crippen molar-refractivity contribution < 1.29 is 9.47 Å². The topological polar surface area (TPSA) is 66.5 Å². The Morgan fingerprint density at radius 2 is 2.16 bits per heavy atom. The Morgan fingerprint density at radius 3 is 2.96 bits per heavy atom. The molecule has 0 amide bonds. The van der Waals surface area contributed by atoms with Crippen molar-refractivity contribution in [2.24, 2.45) is 5.92 Å². The third kappa shape index (κ3) is 2.68. The van der Waals surface area contributed by atoms with Crippen molar-refractivity contribution in [2.75, 3.05) is 13.2 Å². The SMILES string of the molecule is CC1CC(Oc2nc(-c3cnn(C4CCOC4)c3)cn3nccc23)C1. The maximum absolute atomic E-state index is 6.14. The van der Waals surface area contributed by atoms with E-state index in [2.05, 4.69) is 17.1 Å². The Bertz CT molecular complexity index is 890. The van der Waals surface area contributed by atoms with E-state index < -0.39 is 0 Å². The molecule has 5 rings (SSSR count). The highest BCUT2D eigenvalue weighted by atomic mass is 16.5. The predicted molar refractivity (Wildman–Crippen MR) is 91.5 cm³/mol. The van der Waals surface area contributed by atoms with Gasteiger partial charge >= 0.3 is 0 Å². The third-order valence-electron chi connectivity index (χ3n) is 5.14. The normalized spacial score (nSPS) is 26.0. The number of nitrogens with zero attached hydrogens (tertiary/aromatic N) is 5. The van der Waals surface area contributed by atoms with E-state index >= 15 is 0 Å². The van der Waals surface area contributed by atoms with Crippen LogP contribution in [0.3, 0.4) is 0 Å². The molecule has 7 heteroatoms. The first-order valence-corrected chi connectivity index (χ1v) is 8.89. The molecule has 1 atom stereocenters. The zero-order valence-electron chi connectivity index (χ0n) is 14.2. The second-order valence-corrected chi connectivity index (χ2v) is 7.14. The van der Waals surface area contributed by atoms with Crippen LogP contribution in [0.1, 0.15) is 32.2 Å². The summed E-state index contributed by atoms with van der Waals surface area (Å²) >= 11 is 0. The van der Waals surface area contributed by atoms with E-state index in [1.54, 1.807) is 6.20 Å². The summed E-state index contributed by atoms with van der Waals surface area (Å²) in [5, 5.41) is 8.86. The molecule has 2 fully saturated rings. The second-order valence-electron chi connectivity index (χ2n) is 7.14. The lowest BCUT2D eigenvalue weighted by Gasteiger charge is -2.32. The van der Waals surface area contributed by atoms with Crippen LogP contribution in [-0.2, 0) is 4.74 Å². The zero-order valence-corrected chi connectivity index (χ0v) is 14.2. The predicted octanol–water partition coefficient (Wildman–Crippen LogP) is 2.73. The third-order valence-corrected chi connectivity index (χ3v) is 5.14. The van der Waals surface area contributed by atoms with Gasteiger partial charge in [-0.2, -0.15) is 10.2 Å². The van der Waals surface area contributed by atoms with Gasteiger partial charge < -0.3 is 9.47 Å². The average molecular weight is 339 g/mol. The fourth-order valence-corrected chi connectivity index (χ4v) is 3.61. The smallest absolute Gasteiger partial charge is 0.240 e. The number of ether oxygens (including phenoxy) is 2. The first-order chi connectivity index (χ1) is 12.3. The van der Waals surface area contributed by atoms with Crippen LogP contribution in [-0.4, -0.2) is 43.7 Å². The lowest BCUT2D eigenvalue weighted by molar-refractivity contribution is 0.0708. The van der Waals surface area contributed by atoms with Crippen molar-refractivity contribution in [3.05, 3.63) is 30.9 Å². The minimum atomic E-state index is 0.259. The molecule has 1 aliphatic heterocycles. The van der Waals surface area contributed by atoms with Crippen LogP contribution < -0.4 is 4.74 Å². The van der Waals surface area contributed by atoms with Crippen molar-refractivity contribution >= 4 is 5.52 Å². The van der Waals surface area contributed by atoms with Gasteiger partial charge in [-0.1, -0.05) is 6.92 Å². The maximum Gasteiger partial charge on any atom is 0.240 e. The fraction of sp³-hybridized carbons (Fsp3) is 0.500. The van der Waals surface area contributed by atoms with Gasteiger partial charge in [-0.15, -0.1) is 0 Å². The van der Waals surface area contributed by atoms with Gasteiger partial charge in [-0.05, 0) is 31.2 Å². The molecule has 0 radical (unpaired) electrons. The van der Waals surface area contributed by atoms with Gasteiger partial charge in [0.1, 0.15) is 11.6 Å². The summed E-state index contributed by atoms with van der Waals surface area (Å²) in [6, 6.07) is 2.25. The molecule has 0 N–H and O–H groups in total. The second kappa shape index (κ2) is 5.84. The van der Waals surface area contributed by atoms with Crippen LogP contribution >= 0.6 is 0 Å². The number of rotatable bonds is 4. The molecule has 0 aromatic carbocycles. The number of fused-ring (bicyclic) bond motifs is 1. The van der Waals surface area contributed by atoms with E-state index in [1.807, 2.05) is 33.9 Å². The quantitative estimate of drug-likeness (QED) is 0.731. The van der Waals surface area contributed by atoms with Gasteiger partial charge in [0.15, 0.2) is 0 Å². The summed E-state index contributed by atoms with van der Waals surface area (Å²) < 4.78 is 15.4. The zero-order chi connectivity index (χ0) is 16.8. The van der Waals surface area contributed by atoms with Gasteiger partial charge in [0, 0.05) is 18.4 Å². The van der Waals surface area contributed by atoms with Crippen molar-refractivity contribution in [2.45, 2.75) is 38.3 Å². The van der Waals surface area contributed by atoms with Gasteiger partial charge in [-0.3, -0.25) is 4.68 Å². The summed E-state index contributed by atoms with van der Waals surface area (Å²) in [4.78, 5) is 4.76. The first kappa shape index (κ1) is 14.9. The maximum atomic E-state index is 6.14. The fourth-order valence-electron chi connectivity index (χ4n) is 3.61. The Balaban J connectivity index is 1.48. The molecular formula is C18H21N5O2. The standard InChI is InChI=1S/C18H21N5O2/c1-12-6-15(7-12)25-18-17-2-4-19-23(17)10-16(21-18)13-8-20-22(9-13)14-3-5-24-11-14/h2,4,8-10,12,14-15H,3,5-7,11H2,1H3. The summed E-state index contributed by atoms with van der Waals surface area (Å²) in [6.07, 6.45) is 11.0. The molecule has 1 aliphatic carbocycles. The summed E-state index contributed by atoms with van der Waals surface area (Å²) in [7, 11) is 0. The Hall–Kier alpha value is -2.41. The highest BCUT2D eigenvalue weighted by molar-refractivity contribution is 5.63. The van der Waals surface area contributed by atoms with Crippen LogP contribution in [0, 0.1) is 5.92 Å². The van der Waals surface area contributed by atoms with E-state index in [0.29, 0.717) is 11.9 Å². The monoisotopic (exact) mass is 339 g/mol. The molecular weight excluding hydrogens is 318 g/mol. The highest BCUT2D eigenvalue weighted by Crippen LogP contribution is 2.32. The van der Waals surface area contributed by atoms with Crippen LogP contribution in [0.25, 0.3) is 16.8 Å². The van der Waals surface area contributed by atoms with E-state index in [-0.39, 0.29) is 6.10 Å². The molecule has 0 bridgehead atoms. The Morgan fingerprint density at radius 1 is 1.24 bits per heavy atom. The molecule has 1 saturated heterocycles. The largest absolute Gasteiger partial charge is 0.473 e. The first-order valence-electron chi connectivity index (χ1n) is 8.89. The molecule has 2 aliphatic rings. The van der Waals surface area contributed by atoms with E-state index in [4.69, 9.17) is 14.5 Å². The van der Waals surface area contributed by atoms with Crippen LogP contribution in [0.15, 0.2) is 30.9 Å². The van der Waals surface area contributed by atoms with E-state index in [9.17, 15) is 0 Å². The molecule has 130 valence electrons. The summed E-state index contributed by atoms with van der Waals surface area (Å²) in [5.74, 6) is 1.39. The molecule has 4 heterocycles. The van der Waals surface area contributed by atoms with Crippen LogP contribution in [0.4, 0.5) is 0 Å². The van der Waals surface area contributed by atoms with Gasteiger partial charge in [0.25, 0.3) is 0 Å². The van der Waals surface area contributed by atoms with Crippen LogP contribution in [0.5, 0.6) is 5.88 Å². The van der Waals surface area contributed by atoms with E-state index in [1.165, 1.54) is 0 Å². The molecule has 25 heavy (non-hydrogen) atoms. The number of aromatic nitrogens is 5. The lowest BCUT2D eigenvalue weighted by atomic mass is 9.84. The molecule has 7 nitrogen and oxygen atoms in total. The van der Waals surface area contributed by atoms with Gasteiger partial charge in [-0.25, -0.2) is 9.50 Å². The number of hydrogen-bond acceptors (Lipinski definition) is 5. The molecule has 0 spiro atoms. The minimum absolute atomic E-state index is 0.259. The lowest BCUT2D eigenvalue weighted by Crippen LogP contribution is -2.32. The summed E-state index contributed by atoms with van der Waals surface area (Å²) in [6.45, 7) is 3.77.